The number of rotatable bonds is 15. The minimum absolute atomic E-state index is 0.116. The Balaban J connectivity index is 1.42. The van der Waals surface area contributed by atoms with Gasteiger partial charge in [0.1, 0.15) is 6.61 Å². The second kappa shape index (κ2) is 15.3. The van der Waals surface area contributed by atoms with E-state index in [0.29, 0.717) is 36.8 Å². The minimum Gasteiger partial charge on any atom is -0.461 e. The molecular formula is C24H39N3O3S. The fourth-order valence-electron chi connectivity index (χ4n) is 3.94. The lowest BCUT2D eigenvalue weighted by molar-refractivity contribution is -0.145. The summed E-state index contributed by atoms with van der Waals surface area (Å²) >= 11 is 2.05. The van der Waals surface area contributed by atoms with E-state index in [1.54, 1.807) is 0 Å². The van der Waals surface area contributed by atoms with Crippen molar-refractivity contribution in [3.05, 3.63) is 35.9 Å². The summed E-state index contributed by atoms with van der Waals surface area (Å²) in [6, 6.07) is 10.8. The third kappa shape index (κ3) is 10.1. The van der Waals surface area contributed by atoms with E-state index in [2.05, 4.69) is 16.0 Å². The van der Waals surface area contributed by atoms with Crippen molar-refractivity contribution in [2.45, 2.75) is 75.3 Å². The first-order valence-corrected chi connectivity index (χ1v) is 12.6. The number of likely N-dealkylation sites (N-methyl/N-ethyl adjacent to an activating group) is 2. The van der Waals surface area contributed by atoms with Crippen molar-refractivity contribution in [3.63, 3.8) is 0 Å². The molecule has 3 N–H and O–H groups in total. The van der Waals surface area contributed by atoms with Gasteiger partial charge >= 0.3 is 5.97 Å². The van der Waals surface area contributed by atoms with E-state index in [9.17, 15) is 9.59 Å². The summed E-state index contributed by atoms with van der Waals surface area (Å²) in [5.74, 6) is 1.11. The van der Waals surface area contributed by atoms with Gasteiger partial charge < -0.3 is 20.7 Å². The van der Waals surface area contributed by atoms with Gasteiger partial charge in [-0.2, -0.15) is 11.8 Å². The van der Waals surface area contributed by atoms with Crippen LogP contribution in [0.3, 0.4) is 0 Å². The molecule has 1 aliphatic rings. The van der Waals surface area contributed by atoms with E-state index in [-0.39, 0.29) is 11.9 Å². The van der Waals surface area contributed by atoms with Crippen molar-refractivity contribution in [2.24, 2.45) is 0 Å². The highest BCUT2D eigenvalue weighted by Crippen LogP contribution is 2.30. The summed E-state index contributed by atoms with van der Waals surface area (Å²) in [5.41, 5.74) is 0.999. The summed E-state index contributed by atoms with van der Waals surface area (Å²) in [6.07, 6.45) is 6.73. The largest absolute Gasteiger partial charge is 0.461 e. The molecular weight excluding hydrogens is 410 g/mol. The van der Waals surface area contributed by atoms with E-state index < -0.39 is 0 Å². The summed E-state index contributed by atoms with van der Waals surface area (Å²) in [4.78, 5) is 23.7. The number of benzene rings is 1. The summed E-state index contributed by atoms with van der Waals surface area (Å²) in [6.45, 7) is 1.08. The Morgan fingerprint density at radius 3 is 2.52 bits per heavy atom. The molecule has 1 aromatic carbocycles. The SMILES string of the molecule is CN[C@H]1[C@@H](NC)CS[C@H]1CCCCNC(=O)CCCCCC(=O)OCc1ccccc1. The number of carbonyl (C=O) groups is 2. The van der Waals surface area contributed by atoms with Crippen LogP contribution >= 0.6 is 11.8 Å². The van der Waals surface area contributed by atoms with E-state index in [1.807, 2.05) is 56.2 Å². The molecule has 0 saturated carbocycles. The van der Waals surface area contributed by atoms with Gasteiger partial charge in [0.2, 0.25) is 5.91 Å². The van der Waals surface area contributed by atoms with Crippen LogP contribution in [0.2, 0.25) is 0 Å². The normalized spacial score (nSPS) is 20.5. The zero-order chi connectivity index (χ0) is 22.3. The van der Waals surface area contributed by atoms with Crippen LogP contribution in [-0.4, -0.2) is 55.6 Å². The maximum Gasteiger partial charge on any atom is 0.306 e. The number of ether oxygens (including phenoxy) is 1. The predicted molar refractivity (Wildman–Crippen MR) is 128 cm³/mol. The third-order valence-corrected chi connectivity index (χ3v) is 7.30. The minimum atomic E-state index is -0.171. The fourth-order valence-corrected chi connectivity index (χ4v) is 5.63. The van der Waals surface area contributed by atoms with E-state index in [0.717, 1.165) is 50.0 Å². The van der Waals surface area contributed by atoms with Crippen molar-refractivity contribution in [2.75, 3.05) is 26.4 Å². The first-order chi connectivity index (χ1) is 15.1. The Bertz CT molecular complexity index is 644. The van der Waals surface area contributed by atoms with E-state index in [4.69, 9.17) is 4.74 Å². The highest BCUT2D eigenvalue weighted by Gasteiger charge is 2.34. The zero-order valence-electron chi connectivity index (χ0n) is 19.0. The van der Waals surface area contributed by atoms with Crippen molar-refractivity contribution >= 4 is 23.6 Å². The van der Waals surface area contributed by atoms with Crippen LogP contribution in [0.4, 0.5) is 0 Å². The lowest BCUT2D eigenvalue weighted by Gasteiger charge is -2.23. The first kappa shape index (κ1) is 25.7. The summed E-state index contributed by atoms with van der Waals surface area (Å²) in [7, 11) is 4.08. The van der Waals surface area contributed by atoms with Crippen LogP contribution in [0.1, 0.15) is 56.9 Å². The van der Waals surface area contributed by atoms with E-state index in [1.165, 1.54) is 6.42 Å². The number of carbonyl (C=O) groups excluding carboxylic acids is 2. The third-order valence-electron chi connectivity index (χ3n) is 5.79. The van der Waals surface area contributed by atoms with Crippen molar-refractivity contribution in [3.8, 4) is 0 Å². The molecule has 3 atom stereocenters. The maximum atomic E-state index is 12.0. The van der Waals surface area contributed by atoms with Crippen LogP contribution in [0.25, 0.3) is 0 Å². The van der Waals surface area contributed by atoms with Crippen LogP contribution in [0, 0.1) is 0 Å². The molecule has 7 heteroatoms. The highest BCUT2D eigenvalue weighted by molar-refractivity contribution is 8.00. The number of unbranched alkanes of at least 4 members (excludes halogenated alkanes) is 3. The molecule has 1 fully saturated rings. The molecule has 0 unspecified atom stereocenters. The van der Waals surface area contributed by atoms with Gasteiger partial charge in [-0.25, -0.2) is 0 Å². The first-order valence-electron chi connectivity index (χ1n) is 11.6. The van der Waals surface area contributed by atoms with Gasteiger partial charge in [-0.1, -0.05) is 43.2 Å². The van der Waals surface area contributed by atoms with Crippen molar-refractivity contribution < 1.29 is 14.3 Å². The van der Waals surface area contributed by atoms with Gasteiger partial charge in [-0.3, -0.25) is 9.59 Å². The van der Waals surface area contributed by atoms with Crippen LogP contribution in [0.5, 0.6) is 0 Å². The molecule has 0 aromatic heterocycles. The second-order valence-electron chi connectivity index (χ2n) is 8.13. The molecule has 0 radical (unpaired) electrons. The fraction of sp³-hybridized carbons (Fsp3) is 0.667. The van der Waals surface area contributed by atoms with Crippen LogP contribution < -0.4 is 16.0 Å². The molecule has 174 valence electrons. The number of nitrogens with one attached hydrogen (secondary N) is 3. The van der Waals surface area contributed by atoms with Gasteiger partial charge in [0.05, 0.1) is 0 Å². The van der Waals surface area contributed by atoms with Gasteiger partial charge in [0, 0.05) is 42.5 Å². The molecule has 2 rings (SSSR count). The maximum absolute atomic E-state index is 12.0. The average Bonchev–Trinajstić information content (AvgIpc) is 3.19. The summed E-state index contributed by atoms with van der Waals surface area (Å²) < 4.78 is 5.27. The molecule has 0 spiro atoms. The Hall–Kier alpha value is -1.57. The lowest BCUT2D eigenvalue weighted by Crippen LogP contribution is -2.47. The average molecular weight is 450 g/mol. The highest BCUT2D eigenvalue weighted by atomic mass is 32.2. The van der Waals surface area contributed by atoms with Crippen molar-refractivity contribution in [1.82, 2.24) is 16.0 Å². The van der Waals surface area contributed by atoms with Gasteiger partial charge in [0.15, 0.2) is 0 Å². The molecule has 31 heavy (non-hydrogen) atoms. The molecule has 0 bridgehead atoms. The standard InChI is InChI=1S/C24H39N3O3S/c1-25-20-18-31-21(24(20)26-2)13-9-10-16-27-22(28)14-7-4-8-15-23(29)30-17-19-11-5-3-6-12-19/h3,5-6,11-12,20-21,24-26H,4,7-10,13-18H2,1-2H3,(H,27,28)/t20-,21-,24-/m0/s1. The number of amides is 1. The molecule has 1 saturated heterocycles. The number of hydrogen-bond acceptors (Lipinski definition) is 6. The predicted octanol–water partition coefficient (Wildman–Crippen LogP) is 3.26. The zero-order valence-corrected chi connectivity index (χ0v) is 19.8. The molecule has 1 aromatic rings. The Kier molecular flexibility index (Phi) is 12.7. The number of thioether (sulfide) groups is 1. The van der Waals surface area contributed by atoms with E-state index >= 15 is 0 Å². The Morgan fingerprint density at radius 2 is 1.77 bits per heavy atom. The molecule has 0 aliphatic carbocycles. The lowest BCUT2D eigenvalue weighted by atomic mass is 10.0. The van der Waals surface area contributed by atoms with Crippen LogP contribution in [-0.2, 0) is 20.9 Å². The summed E-state index contributed by atoms with van der Waals surface area (Å²) in [5, 5.41) is 10.5. The molecule has 6 nitrogen and oxygen atoms in total. The number of esters is 1. The van der Waals surface area contributed by atoms with Gasteiger partial charge in [-0.15, -0.1) is 0 Å². The van der Waals surface area contributed by atoms with Gasteiger partial charge in [0.25, 0.3) is 0 Å². The quantitative estimate of drug-likeness (QED) is 0.282. The monoisotopic (exact) mass is 449 g/mol. The molecule has 1 aliphatic heterocycles. The Labute approximate surface area is 191 Å². The number of hydrogen-bond donors (Lipinski definition) is 3. The second-order valence-corrected chi connectivity index (χ2v) is 9.41. The smallest absolute Gasteiger partial charge is 0.306 e. The van der Waals surface area contributed by atoms with Crippen molar-refractivity contribution in [1.29, 1.82) is 0 Å². The van der Waals surface area contributed by atoms with Gasteiger partial charge in [-0.05, 0) is 45.3 Å². The Morgan fingerprint density at radius 1 is 1.00 bits per heavy atom. The molecule has 1 amide bonds. The molecule has 1 heterocycles. The van der Waals surface area contributed by atoms with Crippen LogP contribution in [0.15, 0.2) is 30.3 Å². The topological polar surface area (TPSA) is 79.5 Å².